The van der Waals surface area contributed by atoms with E-state index in [1.165, 1.54) is 13.5 Å². The van der Waals surface area contributed by atoms with Crippen molar-refractivity contribution in [3.8, 4) is 0 Å². The molecule has 26 heavy (non-hydrogen) atoms. The average molecular weight is 363 g/mol. The minimum Gasteiger partial charge on any atom is -0.464 e. The lowest BCUT2D eigenvalue weighted by atomic mass is 9.93. The number of esters is 2. The Kier molecular flexibility index (Phi) is 7.06. The van der Waals surface area contributed by atoms with E-state index in [9.17, 15) is 14.4 Å². The Hall–Kier alpha value is -2.51. The molecule has 1 fully saturated rings. The lowest BCUT2D eigenvalue weighted by molar-refractivity contribution is -0.139. The van der Waals surface area contributed by atoms with Crippen LogP contribution in [0.1, 0.15) is 66.9 Å². The van der Waals surface area contributed by atoms with E-state index in [2.05, 4.69) is 14.7 Å². The standard InChI is InChI=1S/C18H25N3O5/c1-12(2)21(13-7-5-4-6-8-13)16(22)11-26-18(24)15-10-19-14(9-20-15)17(23)25-3/h9-10,12-13H,4-8,11H2,1-3H3. The topological polar surface area (TPSA) is 98.7 Å². The van der Waals surface area contributed by atoms with Crippen molar-refractivity contribution in [1.29, 1.82) is 0 Å². The minimum atomic E-state index is -0.755. The van der Waals surface area contributed by atoms with Crippen LogP contribution >= 0.6 is 0 Å². The maximum Gasteiger partial charge on any atom is 0.359 e. The molecule has 0 aliphatic heterocycles. The quantitative estimate of drug-likeness (QED) is 0.713. The van der Waals surface area contributed by atoms with E-state index in [1.807, 2.05) is 18.7 Å². The molecule has 8 heteroatoms. The van der Waals surface area contributed by atoms with Crippen LogP contribution in [-0.4, -0.2) is 58.5 Å². The van der Waals surface area contributed by atoms with Gasteiger partial charge in [0.1, 0.15) is 0 Å². The third-order valence-corrected chi connectivity index (χ3v) is 4.39. The molecule has 1 aliphatic rings. The van der Waals surface area contributed by atoms with Crippen LogP contribution < -0.4 is 0 Å². The van der Waals surface area contributed by atoms with Gasteiger partial charge in [-0.15, -0.1) is 0 Å². The van der Waals surface area contributed by atoms with Crippen LogP contribution in [0.4, 0.5) is 0 Å². The van der Waals surface area contributed by atoms with Crippen molar-refractivity contribution < 1.29 is 23.9 Å². The van der Waals surface area contributed by atoms with Crippen LogP contribution in [0.5, 0.6) is 0 Å². The van der Waals surface area contributed by atoms with Crippen molar-refractivity contribution in [3.05, 3.63) is 23.8 Å². The molecule has 0 unspecified atom stereocenters. The van der Waals surface area contributed by atoms with Crippen molar-refractivity contribution in [2.75, 3.05) is 13.7 Å². The molecule has 0 atom stereocenters. The number of rotatable bonds is 6. The smallest absolute Gasteiger partial charge is 0.359 e. The lowest BCUT2D eigenvalue weighted by Gasteiger charge is -2.37. The number of aromatic nitrogens is 2. The molecule has 0 saturated heterocycles. The fourth-order valence-electron chi connectivity index (χ4n) is 3.19. The molecule has 1 amide bonds. The molecular formula is C18H25N3O5. The van der Waals surface area contributed by atoms with Crippen molar-refractivity contribution in [1.82, 2.24) is 14.9 Å². The van der Waals surface area contributed by atoms with E-state index in [0.717, 1.165) is 38.1 Å². The van der Waals surface area contributed by atoms with E-state index in [1.54, 1.807) is 0 Å². The summed E-state index contributed by atoms with van der Waals surface area (Å²) in [6.45, 7) is 3.59. The summed E-state index contributed by atoms with van der Waals surface area (Å²) in [5.74, 6) is -1.61. The number of hydrogen-bond acceptors (Lipinski definition) is 7. The molecule has 1 aromatic rings. The summed E-state index contributed by atoms with van der Waals surface area (Å²) in [6.07, 6.45) is 7.65. The summed E-state index contributed by atoms with van der Waals surface area (Å²) < 4.78 is 9.60. The summed E-state index contributed by atoms with van der Waals surface area (Å²) in [7, 11) is 1.23. The predicted molar refractivity (Wildman–Crippen MR) is 92.5 cm³/mol. The van der Waals surface area contributed by atoms with E-state index >= 15 is 0 Å². The van der Waals surface area contributed by atoms with Crippen molar-refractivity contribution >= 4 is 17.8 Å². The molecule has 1 aromatic heterocycles. The Bertz CT molecular complexity index is 639. The van der Waals surface area contributed by atoms with Crippen LogP contribution in [0.3, 0.4) is 0 Å². The fraction of sp³-hybridized carbons (Fsp3) is 0.611. The van der Waals surface area contributed by atoms with E-state index in [-0.39, 0.29) is 36.0 Å². The van der Waals surface area contributed by atoms with Gasteiger partial charge in [-0.3, -0.25) is 4.79 Å². The van der Waals surface area contributed by atoms with Gasteiger partial charge < -0.3 is 14.4 Å². The van der Waals surface area contributed by atoms with Crippen LogP contribution in [-0.2, 0) is 14.3 Å². The van der Waals surface area contributed by atoms with Gasteiger partial charge in [0.25, 0.3) is 5.91 Å². The summed E-state index contributed by atoms with van der Waals surface area (Å²) in [6, 6.07) is 0.248. The number of ether oxygens (including phenoxy) is 2. The molecule has 0 radical (unpaired) electrons. The Labute approximate surface area is 152 Å². The van der Waals surface area contributed by atoms with Crippen LogP contribution in [0.15, 0.2) is 12.4 Å². The van der Waals surface area contributed by atoms with Gasteiger partial charge in [0, 0.05) is 12.1 Å². The van der Waals surface area contributed by atoms with E-state index in [4.69, 9.17) is 4.74 Å². The summed E-state index contributed by atoms with van der Waals surface area (Å²) >= 11 is 0. The van der Waals surface area contributed by atoms with Crippen molar-refractivity contribution in [3.63, 3.8) is 0 Å². The highest BCUT2D eigenvalue weighted by Gasteiger charge is 2.28. The third-order valence-electron chi connectivity index (χ3n) is 4.39. The molecule has 0 spiro atoms. The second-order valence-corrected chi connectivity index (χ2v) is 6.54. The van der Waals surface area contributed by atoms with Crippen LogP contribution in [0.25, 0.3) is 0 Å². The molecule has 1 aliphatic carbocycles. The number of nitrogens with zero attached hydrogens (tertiary/aromatic N) is 3. The maximum absolute atomic E-state index is 12.6. The molecule has 8 nitrogen and oxygen atoms in total. The molecule has 0 bridgehead atoms. The lowest BCUT2D eigenvalue weighted by Crippen LogP contribution is -2.47. The first-order valence-electron chi connectivity index (χ1n) is 8.82. The van der Waals surface area contributed by atoms with Gasteiger partial charge in [-0.05, 0) is 26.7 Å². The normalized spacial score (nSPS) is 14.8. The zero-order valence-electron chi connectivity index (χ0n) is 15.4. The second kappa shape index (κ2) is 9.26. The second-order valence-electron chi connectivity index (χ2n) is 6.54. The van der Waals surface area contributed by atoms with Crippen molar-refractivity contribution in [2.45, 2.75) is 58.0 Å². The first-order chi connectivity index (χ1) is 12.4. The van der Waals surface area contributed by atoms with Crippen LogP contribution in [0.2, 0.25) is 0 Å². The Morgan fingerprint density at radius 3 is 2.15 bits per heavy atom. The van der Waals surface area contributed by atoms with Gasteiger partial charge in [-0.25, -0.2) is 19.6 Å². The highest BCUT2D eigenvalue weighted by Crippen LogP contribution is 2.24. The molecule has 1 saturated carbocycles. The van der Waals surface area contributed by atoms with Crippen molar-refractivity contribution in [2.24, 2.45) is 0 Å². The summed E-state index contributed by atoms with van der Waals surface area (Å²) in [5.41, 5.74) is -0.0809. The summed E-state index contributed by atoms with van der Waals surface area (Å²) in [4.78, 5) is 45.4. The SMILES string of the molecule is COC(=O)c1cnc(C(=O)OCC(=O)N(C(C)C)C2CCCCC2)cn1. The van der Waals surface area contributed by atoms with Gasteiger partial charge in [0.05, 0.1) is 19.5 Å². The number of carbonyl (C=O) groups is 3. The first-order valence-corrected chi connectivity index (χ1v) is 8.82. The molecular weight excluding hydrogens is 338 g/mol. The Morgan fingerprint density at radius 1 is 1.08 bits per heavy atom. The Balaban J connectivity index is 1.94. The maximum atomic E-state index is 12.6. The molecule has 0 N–H and O–H groups in total. The highest BCUT2D eigenvalue weighted by atomic mass is 16.5. The minimum absolute atomic E-state index is 0.0107. The fourth-order valence-corrected chi connectivity index (χ4v) is 3.19. The van der Waals surface area contributed by atoms with Gasteiger partial charge >= 0.3 is 11.9 Å². The monoisotopic (exact) mass is 363 g/mol. The molecule has 2 rings (SSSR count). The van der Waals surface area contributed by atoms with E-state index in [0.29, 0.717) is 0 Å². The van der Waals surface area contributed by atoms with Crippen LogP contribution in [0, 0.1) is 0 Å². The zero-order valence-corrected chi connectivity index (χ0v) is 15.4. The first kappa shape index (κ1) is 19.8. The zero-order chi connectivity index (χ0) is 19.1. The van der Waals surface area contributed by atoms with Gasteiger partial charge in [0.15, 0.2) is 18.0 Å². The largest absolute Gasteiger partial charge is 0.464 e. The predicted octanol–water partition coefficient (Wildman–Crippen LogP) is 1.99. The Morgan fingerprint density at radius 2 is 1.65 bits per heavy atom. The van der Waals surface area contributed by atoms with Gasteiger partial charge in [-0.2, -0.15) is 0 Å². The molecule has 0 aromatic carbocycles. The number of methoxy groups -OCH3 is 1. The number of amides is 1. The van der Waals surface area contributed by atoms with E-state index < -0.39 is 11.9 Å². The summed E-state index contributed by atoms with van der Waals surface area (Å²) in [5, 5.41) is 0. The molecule has 142 valence electrons. The number of carbonyl (C=O) groups excluding carboxylic acids is 3. The van der Waals surface area contributed by atoms with Gasteiger partial charge in [0.2, 0.25) is 0 Å². The average Bonchev–Trinajstić information content (AvgIpc) is 2.66. The van der Waals surface area contributed by atoms with Gasteiger partial charge in [-0.1, -0.05) is 19.3 Å². The molecule has 1 heterocycles. The third kappa shape index (κ3) is 5.00. The highest BCUT2D eigenvalue weighted by molar-refractivity contribution is 5.90. The number of hydrogen-bond donors (Lipinski definition) is 0.